The van der Waals surface area contributed by atoms with Gasteiger partial charge in [-0.2, -0.15) is 0 Å². The van der Waals surface area contributed by atoms with Crippen molar-refractivity contribution in [3.05, 3.63) is 58.6 Å². The van der Waals surface area contributed by atoms with E-state index in [1.54, 1.807) is 24.3 Å². The van der Waals surface area contributed by atoms with Crippen LogP contribution in [0.4, 0.5) is 5.82 Å². The van der Waals surface area contributed by atoms with E-state index in [9.17, 15) is 4.79 Å². The molecule has 25 heavy (non-hydrogen) atoms. The number of aryl methyl sites for hydroxylation is 2. The predicted octanol–water partition coefficient (Wildman–Crippen LogP) is 4.02. The number of nitrogens with one attached hydrogen (secondary N) is 1. The number of anilines is 1. The Morgan fingerprint density at radius 3 is 2.72 bits per heavy atom. The van der Waals surface area contributed by atoms with Crippen LogP contribution in [0.2, 0.25) is 5.02 Å². The van der Waals surface area contributed by atoms with Crippen molar-refractivity contribution in [2.45, 2.75) is 13.8 Å². The first kappa shape index (κ1) is 17.0. The zero-order valence-corrected chi connectivity index (χ0v) is 14.5. The fourth-order valence-corrected chi connectivity index (χ4v) is 2.41. The van der Waals surface area contributed by atoms with E-state index >= 15 is 0 Å². The zero-order chi connectivity index (χ0) is 17.8. The molecule has 0 radical (unpaired) electrons. The Hall–Kier alpha value is -2.86. The Morgan fingerprint density at radius 1 is 1.16 bits per heavy atom. The Kier molecular flexibility index (Phi) is 5.00. The summed E-state index contributed by atoms with van der Waals surface area (Å²) in [5, 5.41) is 10.7. The standard InChI is InChI=1S/C18H16ClN3O3/c1-11-7-8-13(9-12(11)2)17-18(22-25-21-17)20-16(23)10-24-15-6-4-3-5-14(15)19/h3-9H,10H2,1-2H3,(H,20,22,23). The fourth-order valence-electron chi connectivity index (χ4n) is 2.22. The molecule has 0 atom stereocenters. The fraction of sp³-hybridized carbons (Fsp3) is 0.167. The molecule has 1 amide bonds. The molecule has 0 aliphatic rings. The number of carbonyl (C=O) groups excluding carboxylic acids is 1. The molecule has 3 aromatic rings. The molecule has 7 heteroatoms. The molecular weight excluding hydrogens is 342 g/mol. The van der Waals surface area contributed by atoms with E-state index in [-0.39, 0.29) is 18.3 Å². The Balaban J connectivity index is 1.69. The lowest BCUT2D eigenvalue weighted by atomic mass is 10.0. The molecule has 0 spiro atoms. The summed E-state index contributed by atoms with van der Waals surface area (Å²) < 4.78 is 10.2. The van der Waals surface area contributed by atoms with E-state index in [1.165, 1.54) is 5.56 Å². The van der Waals surface area contributed by atoms with Gasteiger partial charge < -0.3 is 10.1 Å². The van der Waals surface area contributed by atoms with Crippen LogP contribution in [0.15, 0.2) is 47.1 Å². The molecule has 1 heterocycles. The predicted molar refractivity (Wildman–Crippen MR) is 94.8 cm³/mol. The highest BCUT2D eigenvalue weighted by atomic mass is 35.5. The maximum absolute atomic E-state index is 12.1. The molecule has 2 aromatic carbocycles. The lowest BCUT2D eigenvalue weighted by Gasteiger charge is -2.08. The van der Waals surface area contributed by atoms with E-state index in [0.717, 1.165) is 11.1 Å². The van der Waals surface area contributed by atoms with Gasteiger partial charge in [-0.3, -0.25) is 4.79 Å². The van der Waals surface area contributed by atoms with Crippen LogP contribution >= 0.6 is 11.6 Å². The number of aromatic nitrogens is 2. The van der Waals surface area contributed by atoms with Gasteiger partial charge in [0.15, 0.2) is 12.3 Å². The summed E-state index contributed by atoms with van der Waals surface area (Å²) in [5.41, 5.74) is 3.56. The average molecular weight is 358 g/mol. The molecule has 0 aliphatic carbocycles. The van der Waals surface area contributed by atoms with Crippen molar-refractivity contribution < 1.29 is 14.2 Å². The number of hydrogen-bond acceptors (Lipinski definition) is 5. The highest BCUT2D eigenvalue weighted by molar-refractivity contribution is 6.32. The molecule has 0 aliphatic heterocycles. The zero-order valence-electron chi connectivity index (χ0n) is 13.7. The van der Waals surface area contributed by atoms with Gasteiger partial charge in [0, 0.05) is 5.56 Å². The summed E-state index contributed by atoms with van der Waals surface area (Å²) in [6.07, 6.45) is 0. The second kappa shape index (κ2) is 7.36. The summed E-state index contributed by atoms with van der Waals surface area (Å²) >= 11 is 5.99. The van der Waals surface area contributed by atoms with Crippen LogP contribution in [0.25, 0.3) is 11.3 Å². The minimum absolute atomic E-state index is 0.205. The third-order valence-electron chi connectivity index (χ3n) is 3.72. The first-order valence-corrected chi connectivity index (χ1v) is 8.00. The smallest absolute Gasteiger partial charge is 0.263 e. The summed E-state index contributed by atoms with van der Waals surface area (Å²) in [5.74, 6) is 0.295. The van der Waals surface area contributed by atoms with Crippen LogP contribution in [0, 0.1) is 13.8 Å². The summed E-state index contributed by atoms with van der Waals surface area (Å²) in [7, 11) is 0. The van der Waals surface area contributed by atoms with Gasteiger partial charge in [0.05, 0.1) is 5.02 Å². The molecule has 0 bridgehead atoms. The lowest BCUT2D eigenvalue weighted by Crippen LogP contribution is -2.20. The molecule has 0 fully saturated rings. The number of para-hydroxylation sites is 1. The van der Waals surface area contributed by atoms with E-state index in [4.69, 9.17) is 21.0 Å². The minimum atomic E-state index is -0.388. The Morgan fingerprint density at radius 2 is 1.96 bits per heavy atom. The highest BCUT2D eigenvalue weighted by Gasteiger charge is 2.16. The van der Waals surface area contributed by atoms with E-state index in [1.807, 2.05) is 32.0 Å². The molecule has 3 rings (SSSR count). The molecule has 0 unspecified atom stereocenters. The average Bonchev–Trinajstić information content (AvgIpc) is 3.04. The van der Waals surface area contributed by atoms with Crippen LogP contribution in [0.1, 0.15) is 11.1 Å². The number of nitrogens with zero attached hydrogens (tertiary/aromatic N) is 2. The number of ether oxygens (including phenoxy) is 1. The van der Waals surface area contributed by atoms with E-state index < -0.39 is 0 Å². The first-order chi connectivity index (χ1) is 12.0. The van der Waals surface area contributed by atoms with Gasteiger partial charge in [-0.15, -0.1) is 0 Å². The maximum atomic E-state index is 12.1. The number of halogens is 1. The normalized spacial score (nSPS) is 10.5. The molecule has 128 valence electrons. The minimum Gasteiger partial charge on any atom is -0.482 e. The van der Waals surface area contributed by atoms with Crippen molar-refractivity contribution >= 4 is 23.3 Å². The summed E-state index contributed by atoms with van der Waals surface area (Å²) in [6, 6.07) is 12.8. The van der Waals surface area contributed by atoms with Crippen molar-refractivity contribution in [2.75, 3.05) is 11.9 Å². The number of rotatable bonds is 5. The van der Waals surface area contributed by atoms with Gasteiger partial charge in [0.1, 0.15) is 5.75 Å². The van der Waals surface area contributed by atoms with Crippen LogP contribution in [-0.4, -0.2) is 22.8 Å². The maximum Gasteiger partial charge on any atom is 0.263 e. The second-order valence-electron chi connectivity index (χ2n) is 5.53. The van der Waals surface area contributed by atoms with Gasteiger partial charge in [-0.1, -0.05) is 35.9 Å². The van der Waals surface area contributed by atoms with Crippen LogP contribution in [-0.2, 0) is 4.79 Å². The van der Waals surface area contributed by atoms with Gasteiger partial charge in [0.25, 0.3) is 5.91 Å². The number of hydrogen-bond donors (Lipinski definition) is 1. The van der Waals surface area contributed by atoms with Crippen molar-refractivity contribution in [2.24, 2.45) is 0 Å². The van der Waals surface area contributed by atoms with Crippen molar-refractivity contribution in [3.63, 3.8) is 0 Å². The monoisotopic (exact) mass is 357 g/mol. The van der Waals surface area contributed by atoms with Crippen molar-refractivity contribution in [1.29, 1.82) is 0 Å². The number of carbonyl (C=O) groups is 1. The SMILES string of the molecule is Cc1ccc(-c2nonc2NC(=O)COc2ccccc2Cl)cc1C. The molecule has 6 nitrogen and oxygen atoms in total. The third-order valence-corrected chi connectivity index (χ3v) is 4.03. The number of amides is 1. The molecule has 1 N–H and O–H groups in total. The first-order valence-electron chi connectivity index (χ1n) is 7.62. The molecular formula is C18H16ClN3O3. The summed E-state index contributed by atoms with van der Waals surface area (Å²) in [4.78, 5) is 12.1. The van der Waals surface area contributed by atoms with Gasteiger partial charge in [-0.25, -0.2) is 4.63 Å². The Bertz CT molecular complexity index is 908. The number of benzene rings is 2. The molecule has 0 saturated carbocycles. The highest BCUT2D eigenvalue weighted by Crippen LogP contribution is 2.26. The van der Waals surface area contributed by atoms with Crippen molar-refractivity contribution in [3.8, 4) is 17.0 Å². The largest absolute Gasteiger partial charge is 0.482 e. The van der Waals surface area contributed by atoms with Gasteiger partial charge >= 0.3 is 0 Å². The molecule has 0 saturated heterocycles. The van der Waals surface area contributed by atoms with Crippen molar-refractivity contribution in [1.82, 2.24) is 10.3 Å². The van der Waals surface area contributed by atoms with Crippen LogP contribution in [0.3, 0.4) is 0 Å². The quantitative estimate of drug-likeness (QED) is 0.746. The van der Waals surface area contributed by atoms with Crippen LogP contribution < -0.4 is 10.1 Å². The molecule has 1 aromatic heterocycles. The topological polar surface area (TPSA) is 77.3 Å². The summed E-state index contributed by atoms with van der Waals surface area (Å²) in [6.45, 7) is 3.82. The van der Waals surface area contributed by atoms with Crippen LogP contribution in [0.5, 0.6) is 5.75 Å². The second-order valence-corrected chi connectivity index (χ2v) is 5.93. The van der Waals surface area contributed by atoms with Gasteiger partial charge in [0.2, 0.25) is 5.82 Å². The van der Waals surface area contributed by atoms with E-state index in [2.05, 4.69) is 15.6 Å². The third kappa shape index (κ3) is 3.97. The van der Waals surface area contributed by atoms with E-state index in [0.29, 0.717) is 16.5 Å². The Labute approximate surface area is 149 Å². The van der Waals surface area contributed by atoms with Gasteiger partial charge in [-0.05, 0) is 53.5 Å². The lowest BCUT2D eigenvalue weighted by molar-refractivity contribution is -0.118.